The Labute approximate surface area is 138 Å². The van der Waals surface area contributed by atoms with Crippen LogP contribution in [0.4, 0.5) is 5.69 Å². The van der Waals surface area contributed by atoms with Gasteiger partial charge in [-0.15, -0.1) is 11.3 Å². The molecule has 0 amide bonds. The van der Waals surface area contributed by atoms with E-state index in [4.69, 9.17) is 16.3 Å². The molecule has 0 spiro atoms. The van der Waals surface area contributed by atoms with E-state index in [1.807, 2.05) is 0 Å². The summed E-state index contributed by atoms with van der Waals surface area (Å²) in [5, 5.41) is 2.04. The number of nitrogens with zero attached hydrogens (tertiary/aromatic N) is 1. The molecule has 0 aliphatic carbocycles. The van der Waals surface area contributed by atoms with Crippen LogP contribution in [0.15, 0.2) is 46.0 Å². The van der Waals surface area contributed by atoms with Gasteiger partial charge in [-0.05, 0) is 36.6 Å². The van der Waals surface area contributed by atoms with Crippen LogP contribution in [0.1, 0.15) is 6.92 Å². The second-order valence-corrected chi connectivity index (χ2v) is 7.70. The standard InChI is InChI=1S/C14H14ClNO4S2/c1-2-20-13(17)10-16(12-6-3-5-11(15)9-12)22(18,19)14-7-4-8-21-14/h3-9H,2,10H2,1H3. The quantitative estimate of drug-likeness (QED) is 0.743. The first-order chi connectivity index (χ1) is 10.4. The molecule has 0 aliphatic heterocycles. The van der Waals surface area contributed by atoms with Crippen LogP contribution in [0.5, 0.6) is 0 Å². The third-order valence-corrected chi connectivity index (χ3v) is 6.10. The Morgan fingerprint density at radius 3 is 2.68 bits per heavy atom. The number of sulfonamides is 1. The number of halogens is 1. The Morgan fingerprint density at radius 2 is 2.09 bits per heavy atom. The minimum absolute atomic E-state index is 0.150. The van der Waals surface area contributed by atoms with Crippen LogP contribution in [-0.2, 0) is 19.6 Å². The molecule has 0 aliphatic rings. The number of ether oxygens (including phenoxy) is 1. The van der Waals surface area contributed by atoms with Crippen molar-refractivity contribution in [3.8, 4) is 0 Å². The number of carbonyl (C=O) groups excluding carboxylic acids is 1. The second kappa shape index (κ2) is 7.13. The van der Waals surface area contributed by atoms with Gasteiger partial charge in [-0.1, -0.05) is 23.7 Å². The largest absolute Gasteiger partial charge is 0.465 e. The van der Waals surface area contributed by atoms with Crippen molar-refractivity contribution in [2.75, 3.05) is 17.5 Å². The molecule has 1 aromatic heterocycles. The first-order valence-corrected chi connectivity index (χ1v) is 9.12. The highest BCUT2D eigenvalue weighted by atomic mass is 35.5. The van der Waals surface area contributed by atoms with Crippen molar-refractivity contribution in [1.82, 2.24) is 0 Å². The van der Waals surface area contributed by atoms with E-state index < -0.39 is 22.5 Å². The van der Waals surface area contributed by atoms with E-state index in [-0.39, 0.29) is 10.8 Å². The summed E-state index contributed by atoms with van der Waals surface area (Å²) in [6.45, 7) is 1.44. The molecule has 5 nitrogen and oxygen atoms in total. The summed E-state index contributed by atoms with van der Waals surface area (Å²) < 4.78 is 31.5. The molecular formula is C14H14ClNO4S2. The lowest BCUT2D eigenvalue weighted by Crippen LogP contribution is -2.36. The third-order valence-electron chi connectivity index (χ3n) is 2.71. The summed E-state index contributed by atoms with van der Waals surface area (Å²) in [6, 6.07) is 9.45. The maximum Gasteiger partial charge on any atom is 0.326 e. The number of hydrogen-bond donors (Lipinski definition) is 0. The van der Waals surface area contributed by atoms with E-state index in [0.29, 0.717) is 10.7 Å². The van der Waals surface area contributed by atoms with Gasteiger partial charge in [0, 0.05) is 5.02 Å². The number of benzene rings is 1. The molecule has 0 bridgehead atoms. The molecule has 118 valence electrons. The number of rotatable bonds is 6. The molecule has 8 heteroatoms. The van der Waals surface area contributed by atoms with E-state index in [1.54, 1.807) is 36.6 Å². The molecule has 1 aromatic carbocycles. The van der Waals surface area contributed by atoms with Gasteiger partial charge in [-0.3, -0.25) is 9.10 Å². The van der Waals surface area contributed by atoms with Crippen LogP contribution >= 0.6 is 22.9 Å². The Hall–Kier alpha value is -1.57. The molecule has 0 unspecified atom stereocenters. The van der Waals surface area contributed by atoms with Gasteiger partial charge in [0.05, 0.1) is 12.3 Å². The number of carbonyl (C=O) groups is 1. The maximum absolute atomic E-state index is 12.7. The highest BCUT2D eigenvalue weighted by molar-refractivity contribution is 7.94. The van der Waals surface area contributed by atoms with Crippen molar-refractivity contribution < 1.29 is 17.9 Å². The first kappa shape index (κ1) is 16.8. The Balaban J connectivity index is 2.44. The third kappa shape index (κ3) is 3.79. The molecule has 2 aromatic rings. The van der Waals surface area contributed by atoms with E-state index in [2.05, 4.69) is 0 Å². The van der Waals surface area contributed by atoms with Gasteiger partial charge in [0.25, 0.3) is 10.0 Å². The lowest BCUT2D eigenvalue weighted by molar-refractivity contribution is -0.141. The van der Waals surface area contributed by atoms with Crippen LogP contribution < -0.4 is 4.31 Å². The van der Waals surface area contributed by atoms with Gasteiger partial charge in [0.2, 0.25) is 0 Å². The molecular weight excluding hydrogens is 346 g/mol. The van der Waals surface area contributed by atoms with Crippen molar-refractivity contribution in [2.24, 2.45) is 0 Å². The fraction of sp³-hybridized carbons (Fsp3) is 0.214. The van der Waals surface area contributed by atoms with Gasteiger partial charge in [-0.2, -0.15) is 0 Å². The minimum Gasteiger partial charge on any atom is -0.465 e. The summed E-state index contributed by atoms with van der Waals surface area (Å²) in [4.78, 5) is 11.8. The summed E-state index contributed by atoms with van der Waals surface area (Å²) in [5.74, 6) is -0.623. The van der Waals surface area contributed by atoms with Crippen LogP contribution in [0, 0.1) is 0 Å². The van der Waals surface area contributed by atoms with E-state index in [1.165, 1.54) is 12.1 Å². The molecule has 0 saturated carbocycles. The van der Waals surface area contributed by atoms with E-state index in [9.17, 15) is 13.2 Å². The average Bonchev–Trinajstić information content (AvgIpc) is 3.00. The van der Waals surface area contributed by atoms with Crippen molar-refractivity contribution in [1.29, 1.82) is 0 Å². The summed E-state index contributed by atoms with van der Waals surface area (Å²) >= 11 is 7.01. The van der Waals surface area contributed by atoms with Crippen molar-refractivity contribution >= 4 is 44.6 Å². The number of thiophene rings is 1. The highest BCUT2D eigenvalue weighted by Crippen LogP contribution is 2.28. The zero-order chi connectivity index (χ0) is 16.2. The smallest absolute Gasteiger partial charge is 0.326 e. The van der Waals surface area contributed by atoms with Gasteiger partial charge >= 0.3 is 5.97 Å². The monoisotopic (exact) mass is 359 g/mol. The Kier molecular flexibility index (Phi) is 5.44. The van der Waals surface area contributed by atoms with Gasteiger partial charge in [-0.25, -0.2) is 8.42 Å². The highest BCUT2D eigenvalue weighted by Gasteiger charge is 2.28. The Morgan fingerprint density at radius 1 is 1.32 bits per heavy atom. The van der Waals surface area contributed by atoms with E-state index in [0.717, 1.165) is 15.6 Å². The van der Waals surface area contributed by atoms with Crippen molar-refractivity contribution in [3.63, 3.8) is 0 Å². The predicted octanol–water partition coefficient (Wildman–Crippen LogP) is 3.16. The first-order valence-electron chi connectivity index (χ1n) is 6.42. The van der Waals surface area contributed by atoms with Gasteiger partial charge in [0.15, 0.2) is 0 Å². The Bertz CT molecular complexity index is 744. The second-order valence-electron chi connectivity index (χ2n) is 4.23. The van der Waals surface area contributed by atoms with Crippen LogP contribution in [0.3, 0.4) is 0 Å². The number of anilines is 1. The summed E-state index contributed by atoms with van der Waals surface area (Å²) in [5.41, 5.74) is 0.314. The van der Waals surface area contributed by atoms with Crippen LogP contribution in [0.25, 0.3) is 0 Å². The fourth-order valence-corrected chi connectivity index (χ4v) is 4.48. The molecule has 0 fully saturated rings. The zero-order valence-electron chi connectivity index (χ0n) is 11.7. The molecule has 2 rings (SSSR count). The average molecular weight is 360 g/mol. The number of hydrogen-bond acceptors (Lipinski definition) is 5. The fourth-order valence-electron chi connectivity index (χ4n) is 1.79. The normalized spacial score (nSPS) is 11.2. The SMILES string of the molecule is CCOC(=O)CN(c1cccc(Cl)c1)S(=O)(=O)c1cccs1. The molecule has 0 saturated heterocycles. The molecule has 0 N–H and O–H groups in total. The zero-order valence-corrected chi connectivity index (χ0v) is 14.1. The van der Waals surface area contributed by atoms with Crippen molar-refractivity contribution in [2.45, 2.75) is 11.1 Å². The maximum atomic E-state index is 12.7. The summed E-state index contributed by atoms with van der Waals surface area (Å²) in [6.07, 6.45) is 0. The van der Waals surface area contributed by atoms with Gasteiger partial charge < -0.3 is 4.74 Å². The van der Waals surface area contributed by atoms with Crippen LogP contribution in [0.2, 0.25) is 5.02 Å². The minimum atomic E-state index is -3.85. The predicted molar refractivity (Wildman–Crippen MR) is 86.9 cm³/mol. The molecule has 1 heterocycles. The summed E-state index contributed by atoms with van der Waals surface area (Å²) in [7, 11) is -3.85. The van der Waals surface area contributed by atoms with Gasteiger partial charge in [0.1, 0.15) is 10.8 Å². The van der Waals surface area contributed by atoms with E-state index >= 15 is 0 Å². The molecule has 0 atom stereocenters. The molecule has 22 heavy (non-hydrogen) atoms. The molecule has 0 radical (unpaired) electrons. The van der Waals surface area contributed by atoms with Crippen molar-refractivity contribution in [3.05, 3.63) is 46.8 Å². The lowest BCUT2D eigenvalue weighted by atomic mass is 10.3. The number of esters is 1. The topological polar surface area (TPSA) is 63.7 Å². The lowest BCUT2D eigenvalue weighted by Gasteiger charge is -2.22. The van der Waals surface area contributed by atoms with Crippen LogP contribution in [-0.4, -0.2) is 27.5 Å².